The highest BCUT2D eigenvalue weighted by Crippen LogP contribution is 2.28. The quantitative estimate of drug-likeness (QED) is 0.527. The summed E-state index contributed by atoms with van der Waals surface area (Å²) >= 11 is 0. The lowest BCUT2D eigenvalue weighted by molar-refractivity contribution is 0.0807. The van der Waals surface area contributed by atoms with Gasteiger partial charge in [-0.3, -0.25) is 0 Å². The van der Waals surface area contributed by atoms with Gasteiger partial charge in [0.2, 0.25) is 0 Å². The molecule has 1 fully saturated rings. The Bertz CT molecular complexity index is 90.6. The Balaban J connectivity index is 2.35. The number of aliphatic hydroxyl groups excluding tert-OH is 1. The van der Waals surface area contributed by atoms with Gasteiger partial charge in [0.05, 0.1) is 6.10 Å². The van der Waals surface area contributed by atoms with Crippen LogP contribution in [0.3, 0.4) is 0 Å². The van der Waals surface area contributed by atoms with Crippen LogP contribution in [0.5, 0.6) is 0 Å². The maximum absolute atomic E-state index is 9.20. The van der Waals surface area contributed by atoms with Crippen LogP contribution in [0.2, 0.25) is 0 Å². The Hall–Kier alpha value is -0.0400. The third-order valence-electron chi connectivity index (χ3n) is 2.57. The molecule has 1 aliphatic carbocycles. The molecule has 1 N–H and O–H groups in total. The van der Waals surface area contributed by atoms with Crippen LogP contribution in [0.1, 0.15) is 33.1 Å². The molecule has 0 aromatic carbocycles. The number of hydrogen-bond acceptors (Lipinski definition) is 1. The van der Waals surface area contributed by atoms with Gasteiger partial charge in [-0.25, -0.2) is 0 Å². The predicted molar refractivity (Wildman–Crippen MR) is 38.2 cm³/mol. The van der Waals surface area contributed by atoms with Crippen molar-refractivity contribution in [2.24, 2.45) is 11.8 Å². The zero-order valence-electron chi connectivity index (χ0n) is 6.30. The molecule has 0 amide bonds. The molecule has 0 aromatic rings. The summed E-state index contributed by atoms with van der Waals surface area (Å²) in [6.45, 7) is 4.50. The van der Waals surface area contributed by atoms with E-state index in [1.54, 1.807) is 0 Å². The summed E-state index contributed by atoms with van der Waals surface area (Å²) in [7, 11) is 0. The first-order valence-electron chi connectivity index (χ1n) is 3.88. The Morgan fingerprint density at radius 1 is 1.11 bits per heavy atom. The van der Waals surface area contributed by atoms with Crippen molar-refractivity contribution in [3.63, 3.8) is 0 Å². The maximum Gasteiger partial charge on any atom is 0.0543 e. The lowest BCUT2D eigenvalue weighted by Crippen LogP contribution is -2.23. The van der Waals surface area contributed by atoms with Gasteiger partial charge in [-0.05, 0) is 31.1 Å². The molecule has 1 aliphatic rings. The van der Waals surface area contributed by atoms with E-state index in [-0.39, 0.29) is 6.10 Å². The average Bonchev–Trinajstić information content (AvgIpc) is 1.80. The van der Waals surface area contributed by atoms with E-state index in [2.05, 4.69) is 13.8 Å². The molecule has 1 unspecified atom stereocenters. The maximum atomic E-state index is 9.20. The van der Waals surface area contributed by atoms with E-state index < -0.39 is 0 Å². The molecule has 1 nitrogen and oxygen atoms in total. The molecule has 0 saturated heterocycles. The molecule has 0 aliphatic heterocycles. The fraction of sp³-hybridized carbons (Fsp3) is 1.00. The Labute approximate surface area is 57.1 Å². The second-order valence-electron chi connectivity index (χ2n) is 3.42. The molecule has 54 valence electrons. The molecular formula is C8H16O. The van der Waals surface area contributed by atoms with Crippen molar-refractivity contribution in [2.45, 2.75) is 39.2 Å². The van der Waals surface area contributed by atoms with E-state index in [9.17, 15) is 5.11 Å². The highest BCUT2D eigenvalue weighted by molar-refractivity contribution is 4.73. The van der Waals surface area contributed by atoms with Crippen LogP contribution in [0.25, 0.3) is 0 Å². The van der Waals surface area contributed by atoms with E-state index in [1.807, 2.05) is 0 Å². The van der Waals surface area contributed by atoms with E-state index >= 15 is 0 Å². The first-order valence-corrected chi connectivity index (χ1v) is 3.88. The molecule has 9 heavy (non-hydrogen) atoms. The number of hydrogen-bond donors (Lipinski definition) is 1. The largest absolute Gasteiger partial charge is 0.393 e. The monoisotopic (exact) mass is 128 g/mol. The van der Waals surface area contributed by atoms with Gasteiger partial charge in [0.25, 0.3) is 0 Å². The van der Waals surface area contributed by atoms with Crippen molar-refractivity contribution in [1.29, 1.82) is 0 Å². The SMILES string of the molecule is CC1CC[C@@H](O)C[C@@H]1C. The lowest BCUT2D eigenvalue weighted by Gasteiger charge is -2.28. The predicted octanol–water partition coefficient (Wildman–Crippen LogP) is 1.80. The van der Waals surface area contributed by atoms with Crippen molar-refractivity contribution < 1.29 is 5.11 Å². The highest BCUT2D eigenvalue weighted by atomic mass is 16.3. The van der Waals surface area contributed by atoms with Crippen molar-refractivity contribution in [2.75, 3.05) is 0 Å². The highest BCUT2D eigenvalue weighted by Gasteiger charge is 2.22. The molecule has 3 atom stereocenters. The van der Waals surface area contributed by atoms with Crippen LogP contribution in [-0.2, 0) is 0 Å². The van der Waals surface area contributed by atoms with Crippen LogP contribution in [0.4, 0.5) is 0 Å². The number of aliphatic hydroxyl groups is 1. The van der Waals surface area contributed by atoms with Crippen LogP contribution in [0, 0.1) is 11.8 Å². The first kappa shape index (κ1) is 7.07. The molecule has 0 radical (unpaired) electrons. The average molecular weight is 128 g/mol. The normalized spacial score (nSPS) is 45.0. The van der Waals surface area contributed by atoms with Gasteiger partial charge in [-0.1, -0.05) is 13.8 Å². The van der Waals surface area contributed by atoms with Crippen molar-refractivity contribution >= 4 is 0 Å². The molecule has 0 heterocycles. The third kappa shape index (κ3) is 1.68. The lowest BCUT2D eigenvalue weighted by atomic mass is 9.80. The topological polar surface area (TPSA) is 20.2 Å². The summed E-state index contributed by atoms with van der Waals surface area (Å²) < 4.78 is 0. The van der Waals surface area contributed by atoms with Crippen LogP contribution in [0.15, 0.2) is 0 Å². The zero-order chi connectivity index (χ0) is 6.85. The van der Waals surface area contributed by atoms with E-state index in [1.165, 1.54) is 6.42 Å². The standard InChI is InChI=1S/C8H16O/c1-6-3-4-8(9)5-7(6)2/h6-9H,3-5H2,1-2H3/t6?,7-,8+/m0/s1. The summed E-state index contributed by atoms with van der Waals surface area (Å²) in [5.41, 5.74) is 0. The second-order valence-corrected chi connectivity index (χ2v) is 3.42. The summed E-state index contributed by atoms with van der Waals surface area (Å²) in [5.74, 6) is 1.56. The Kier molecular flexibility index (Phi) is 2.12. The van der Waals surface area contributed by atoms with Gasteiger partial charge in [-0.2, -0.15) is 0 Å². The van der Waals surface area contributed by atoms with Crippen molar-refractivity contribution in [3.8, 4) is 0 Å². The summed E-state index contributed by atoms with van der Waals surface area (Å²) in [6.07, 6.45) is 3.24. The summed E-state index contributed by atoms with van der Waals surface area (Å²) in [4.78, 5) is 0. The van der Waals surface area contributed by atoms with Gasteiger partial charge in [-0.15, -0.1) is 0 Å². The molecule has 1 saturated carbocycles. The van der Waals surface area contributed by atoms with Crippen LogP contribution >= 0.6 is 0 Å². The molecule has 1 heteroatoms. The number of rotatable bonds is 0. The van der Waals surface area contributed by atoms with E-state index in [0.717, 1.165) is 24.7 Å². The second kappa shape index (κ2) is 2.70. The van der Waals surface area contributed by atoms with E-state index in [0.29, 0.717) is 0 Å². The molecular weight excluding hydrogens is 112 g/mol. The van der Waals surface area contributed by atoms with Gasteiger partial charge in [0, 0.05) is 0 Å². The van der Waals surface area contributed by atoms with Crippen LogP contribution in [-0.4, -0.2) is 11.2 Å². The van der Waals surface area contributed by atoms with Crippen molar-refractivity contribution in [1.82, 2.24) is 0 Å². The minimum atomic E-state index is -0.00352. The van der Waals surface area contributed by atoms with E-state index in [4.69, 9.17) is 0 Å². The van der Waals surface area contributed by atoms with Gasteiger partial charge in [0.1, 0.15) is 0 Å². The summed E-state index contributed by atoms with van der Waals surface area (Å²) in [5, 5.41) is 9.20. The Morgan fingerprint density at radius 3 is 2.22 bits per heavy atom. The minimum Gasteiger partial charge on any atom is -0.393 e. The Morgan fingerprint density at radius 2 is 1.78 bits per heavy atom. The molecule has 0 spiro atoms. The van der Waals surface area contributed by atoms with Gasteiger partial charge in [0.15, 0.2) is 0 Å². The van der Waals surface area contributed by atoms with Crippen LogP contribution < -0.4 is 0 Å². The molecule has 0 aromatic heterocycles. The zero-order valence-corrected chi connectivity index (χ0v) is 6.30. The smallest absolute Gasteiger partial charge is 0.0543 e. The first-order chi connectivity index (χ1) is 4.20. The fourth-order valence-corrected chi connectivity index (χ4v) is 1.52. The minimum absolute atomic E-state index is 0.00352. The molecule has 1 rings (SSSR count). The van der Waals surface area contributed by atoms with Crippen molar-refractivity contribution in [3.05, 3.63) is 0 Å². The molecule has 0 bridgehead atoms. The fourth-order valence-electron chi connectivity index (χ4n) is 1.52. The van der Waals surface area contributed by atoms with Gasteiger partial charge >= 0.3 is 0 Å². The third-order valence-corrected chi connectivity index (χ3v) is 2.57. The summed E-state index contributed by atoms with van der Waals surface area (Å²) in [6, 6.07) is 0. The van der Waals surface area contributed by atoms with Gasteiger partial charge < -0.3 is 5.11 Å².